The van der Waals surface area contributed by atoms with E-state index in [-0.39, 0.29) is 18.3 Å². The van der Waals surface area contributed by atoms with Gasteiger partial charge in [0.25, 0.3) is 0 Å². The van der Waals surface area contributed by atoms with Crippen molar-refractivity contribution in [3.05, 3.63) is 65.7 Å². The van der Waals surface area contributed by atoms with Crippen LogP contribution in [0.15, 0.2) is 54.6 Å². The number of hydrogen-bond acceptors (Lipinski definition) is 6. The summed E-state index contributed by atoms with van der Waals surface area (Å²) in [6, 6.07) is 17.7. The summed E-state index contributed by atoms with van der Waals surface area (Å²) in [5, 5.41) is 0. The fourth-order valence-electron chi connectivity index (χ4n) is 3.43. The van der Waals surface area contributed by atoms with Crippen LogP contribution in [0.5, 0.6) is 5.75 Å². The van der Waals surface area contributed by atoms with Crippen molar-refractivity contribution in [3.63, 3.8) is 0 Å². The van der Waals surface area contributed by atoms with Gasteiger partial charge in [-0.2, -0.15) is 0 Å². The third kappa shape index (κ3) is 4.00. The SMILES string of the molecule is COc1ccc([C@H]2O[C@H]3[C@H](OC)O[C@H](COCc4ccccc4)[C@H]3O2)cc1. The second-order valence-corrected chi connectivity index (χ2v) is 6.59. The van der Waals surface area contributed by atoms with E-state index in [0.717, 1.165) is 16.9 Å². The summed E-state index contributed by atoms with van der Waals surface area (Å²) in [6.45, 7) is 0.938. The van der Waals surface area contributed by atoms with Gasteiger partial charge in [-0.25, -0.2) is 0 Å². The number of fused-ring (bicyclic) bond motifs is 1. The molecule has 2 aromatic rings. The van der Waals surface area contributed by atoms with E-state index < -0.39 is 12.6 Å². The lowest BCUT2D eigenvalue weighted by atomic mass is 10.1. The average Bonchev–Trinajstić information content (AvgIpc) is 3.29. The van der Waals surface area contributed by atoms with Crippen molar-refractivity contribution in [1.82, 2.24) is 0 Å². The molecule has 0 amide bonds. The highest BCUT2D eigenvalue weighted by Crippen LogP contribution is 2.40. The summed E-state index contributed by atoms with van der Waals surface area (Å²) < 4.78 is 34.6. The van der Waals surface area contributed by atoms with E-state index in [1.807, 2.05) is 54.6 Å². The van der Waals surface area contributed by atoms with E-state index in [4.69, 9.17) is 28.4 Å². The van der Waals surface area contributed by atoms with Gasteiger partial charge in [-0.15, -0.1) is 0 Å². The maximum Gasteiger partial charge on any atom is 0.186 e. The van der Waals surface area contributed by atoms with Crippen LogP contribution in [0.4, 0.5) is 0 Å². The molecule has 0 radical (unpaired) electrons. The Morgan fingerprint density at radius 2 is 1.59 bits per heavy atom. The summed E-state index contributed by atoms with van der Waals surface area (Å²) in [6.07, 6.45) is -1.69. The van der Waals surface area contributed by atoms with Crippen molar-refractivity contribution in [2.45, 2.75) is 37.5 Å². The van der Waals surface area contributed by atoms with Gasteiger partial charge in [0, 0.05) is 12.7 Å². The Morgan fingerprint density at radius 1 is 0.852 bits per heavy atom. The zero-order chi connectivity index (χ0) is 18.6. The molecular formula is C21H24O6. The molecule has 0 spiro atoms. The lowest BCUT2D eigenvalue weighted by Gasteiger charge is -2.20. The minimum atomic E-state index is -0.469. The van der Waals surface area contributed by atoms with Crippen LogP contribution >= 0.6 is 0 Å². The van der Waals surface area contributed by atoms with Crippen molar-refractivity contribution in [1.29, 1.82) is 0 Å². The van der Waals surface area contributed by atoms with E-state index in [9.17, 15) is 0 Å². The molecular weight excluding hydrogens is 348 g/mol. The molecule has 2 fully saturated rings. The molecule has 4 rings (SSSR count). The van der Waals surface area contributed by atoms with Gasteiger partial charge in [0.1, 0.15) is 24.1 Å². The molecule has 0 aromatic heterocycles. The molecule has 5 atom stereocenters. The number of ether oxygens (including phenoxy) is 6. The minimum Gasteiger partial charge on any atom is -0.497 e. The molecule has 0 bridgehead atoms. The quantitative estimate of drug-likeness (QED) is 0.745. The molecule has 2 saturated heterocycles. The Bertz CT molecular complexity index is 719. The lowest BCUT2D eigenvalue weighted by molar-refractivity contribution is -0.204. The first-order chi connectivity index (χ1) is 13.3. The molecule has 27 heavy (non-hydrogen) atoms. The maximum absolute atomic E-state index is 6.14. The van der Waals surface area contributed by atoms with Gasteiger partial charge in [0.15, 0.2) is 12.6 Å². The van der Waals surface area contributed by atoms with Crippen LogP contribution in [0, 0.1) is 0 Å². The topological polar surface area (TPSA) is 55.4 Å². The van der Waals surface area contributed by atoms with Gasteiger partial charge in [0.2, 0.25) is 0 Å². The van der Waals surface area contributed by atoms with Crippen molar-refractivity contribution in [2.75, 3.05) is 20.8 Å². The molecule has 2 aliphatic rings. The Hall–Kier alpha value is -1.96. The van der Waals surface area contributed by atoms with Crippen LogP contribution in [0.3, 0.4) is 0 Å². The molecule has 144 valence electrons. The van der Waals surface area contributed by atoms with Crippen LogP contribution in [0.25, 0.3) is 0 Å². The van der Waals surface area contributed by atoms with Crippen molar-refractivity contribution >= 4 is 0 Å². The van der Waals surface area contributed by atoms with Crippen LogP contribution in [0.2, 0.25) is 0 Å². The van der Waals surface area contributed by atoms with Crippen LogP contribution < -0.4 is 4.74 Å². The zero-order valence-corrected chi connectivity index (χ0v) is 15.4. The van der Waals surface area contributed by atoms with Gasteiger partial charge < -0.3 is 28.4 Å². The standard InChI is InChI=1S/C21H24O6/c1-22-16-10-8-15(9-11-16)20-26-18-17(25-21(23-2)19(18)27-20)13-24-12-14-6-4-3-5-7-14/h3-11,17-21H,12-13H2,1-2H3/t17-,18-,19-,20-,21-/m1/s1. The molecule has 2 heterocycles. The van der Waals surface area contributed by atoms with Gasteiger partial charge in [0.05, 0.1) is 20.3 Å². The summed E-state index contributed by atoms with van der Waals surface area (Å²) in [4.78, 5) is 0. The summed E-state index contributed by atoms with van der Waals surface area (Å²) >= 11 is 0. The van der Waals surface area contributed by atoms with Crippen LogP contribution in [-0.2, 0) is 30.3 Å². The Balaban J connectivity index is 1.38. The van der Waals surface area contributed by atoms with Crippen molar-refractivity contribution in [3.8, 4) is 5.75 Å². The number of hydrogen-bond donors (Lipinski definition) is 0. The van der Waals surface area contributed by atoms with Gasteiger partial charge >= 0.3 is 0 Å². The molecule has 2 aliphatic heterocycles. The molecule has 0 unspecified atom stereocenters. The second kappa shape index (κ2) is 8.37. The highest BCUT2D eigenvalue weighted by atomic mass is 16.8. The fourth-order valence-corrected chi connectivity index (χ4v) is 3.43. The van der Waals surface area contributed by atoms with Crippen molar-refractivity contribution < 1.29 is 28.4 Å². The molecule has 0 saturated carbocycles. The van der Waals surface area contributed by atoms with Crippen molar-refractivity contribution in [2.24, 2.45) is 0 Å². The van der Waals surface area contributed by atoms with Crippen LogP contribution in [0.1, 0.15) is 17.4 Å². The number of benzene rings is 2. The van der Waals surface area contributed by atoms with E-state index >= 15 is 0 Å². The zero-order valence-electron chi connectivity index (χ0n) is 15.4. The van der Waals surface area contributed by atoms with Crippen LogP contribution in [-0.4, -0.2) is 45.4 Å². The number of methoxy groups -OCH3 is 2. The normalized spacial score (nSPS) is 29.6. The molecule has 6 heteroatoms. The van der Waals surface area contributed by atoms with E-state index in [2.05, 4.69) is 0 Å². The van der Waals surface area contributed by atoms with E-state index in [0.29, 0.717) is 13.2 Å². The second-order valence-electron chi connectivity index (χ2n) is 6.59. The first-order valence-corrected chi connectivity index (χ1v) is 9.03. The molecule has 0 N–H and O–H groups in total. The lowest BCUT2D eigenvalue weighted by Crippen LogP contribution is -2.32. The summed E-state index contributed by atoms with van der Waals surface area (Å²) in [5.74, 6) is 0.794. The molecule has 6 nitrogen and oxygen atoms in total. The molecule has 0 aliphatic carbocycles. The maximum atomic E-state index is 6.14. The third-order valence-electron chi connectivity index (χ3n) is 4.84. The smallest absolute Gasteiger partial charge is 0.186 e. The monoisotopic (exact) mass is 372 g/mol. The van der Waals surface area contributed by atoms with Gasteiger partial charge in [-0.3, -0.25) is 0 Å². The largest absolute Gasteiger partial charge is 0.497 e. The molecule has 2 aromatic carbocycles. The summed E-state index contributed by atoms with van der Waals surface area (Å²) in [5.41, 5.74) is 2.05. The van der Waals surface area contributed by atoms with E-state index in [1.54, 1.807) is 14.2 Å². The highest BCUT2D eigenvalue weighted by molar-refractivity contribution is 5.28. The fraction of sp³-hybridized carbons (Fsp3) is 0.429. The third-order valence-corrected chi connectivity index (χ3v) is 4.84. The van der Waals surface area contributed by atoms with E-state index in [1.165, 1.54) is 0 Å². The Labute approximate surface area is 158 Å². The first kappa shape index (κ1) is 18.4. The predicted molar refractivity (Wildman–Crippen MR) is 97.2 cm³/mol. The highest BCUT2D eigenvalue weighted by Gasteiger charge is 2.53. The Morgan fingerprint density at radius 3 is 2.30 bits per heavy atom. The minimum absolute atomic E-state index is 0.238. The number of rotatable bonds is 7. The summed E-state index contributed by atoms with van der Waals surface area (Å²) in [7, 11) is 3.25. The van der Waals surface area contributed by atoms with Gasteiger partial charge in [-0.05, 0) is 17.7 Å². The van der Waals surface area contributed by atoms with Gasteiger partial charge in [-0.1, -0.05) is 42.5 Å². The Kier molecular flexibility index (Phi) is 5.71. The average molecular weight is 372 g/mol. The first-order valence-electron chi connectivity index (χ1n) is 9.03. The predicted octanol–water partition coefficient (Wildman–Crippen LogP) is 3.07.